The molecule has 0 radical (unpaired) electrons. The number of rotatable bonds is 2. The minimum absolute atomic E-state index is 0.0153. The lowest BCUT2D eigenvalue weighted by Crippen LogP contribution is -2.17. The Morgan fingerprint density at radius 1 is 1.00 bits per heavy atom. The number of halogens is 3. The van der Waals surface area contributed by atoms with Crippen LogP contribution in [-0.4, -0.2) is 28.7 Å². The van der Waals surface area contributed by atoms with E-state index in [0.29, 0.717) is 30.8 Å². The van der Waals surface area contributed by atoms with E-state index in [1.807, 2.05) is 11.9 Å². The molecular weight excluding hydrogens is 365 g/mol. The second-order valence-corrected chi connectivity index (χ2v) is 7.09. The molecule has 2 aromatic carbocycles. The monoisotopic (exact) mass is 384 g/mol. The van der Waals surface area contributed by atoms with Gasteiger partial charge in [0.2, 0.25) is 0 Å². The highest BCUT2D eigenvalue weighted by molar-refractivity contribution is 5.63. The van der Waals surface area contributed by atoms with Crippen LogP contribution in [0.15, 0.2) is 42.5 Å². The molecule has 0 fully saturated rings. The maximum atomic E-state index is 15.0. The SMILES string of the molecule is CN1CCC(c2c(F)cccc2F)c2cc(F)c(-c3ccc(N)nn3)cc2C1. The van der Waals surface area contributed by atoms with Crippen molar-refractivity contribution < 1.29 is 13.2 Å². The van der Waals surface area contributed by atoms with Gasteiger partial charge in [-0.3, -0.25) is 0 Å². The zero-order valence-electron chi connectivity index (χ0n) is 15.3. The maximum absolute atomic E-state index is 15.0. The Bertz CT molecular complexity index is 1000. The standard InChI is InChI=1S/C21H19F3N4/c1-28-8-7-13(21-16(22)3-2-4-17(21)23)14-10-18(24)15(9-12(14)11-28)19-5-6-20(25)27-26-19/h2-6,9-10,13H,7-8,11H2,1H3,(H2,25,27). The zero-order chi connectivity index (χ0) is 19.8. The van der Waals surface area contributed by atoms with Crippen molar-refractivity contribution in [1.82, 2.24) is 15.1 Å². The van der Waals surface area contributed by atoms with Crippen molar-refractivity contribution in [2.45, 2.75) is 18.9 Å². The molecule has 1 aliphatic rings. The van der Waals surface area contributed by atoms with Crippen LogP contribution >= 0.6 is 0 Å². The highest BCUT2D eigenvalue weighted by atomic mass is 19.1. The Morgan fingerprint density at radius 2 is 1.75 bits per heavy atom. The third-order valence-corrected chi connectivity index (χ3v) is 5.15. The highest BCUT2D eigenvalue weighted by Gasteiger charge is 2.28. The molecule has 1 aromatic heterocycles. The van der Waals surface area contributed by atoms with Gasteiger partial charge >= 0.3 is 0 Å². The van der Waals surface area contributed by atoms with E-state index in [1.165, 1.54) is 24.3 Å². The van der Waals surface area contributed by atoms with Crippen LogP contribution in [0.1, 0.15) is 29.0 Å². The molecule has 0 spiro atoms. The van der Waals surface area contributed by atoms with Crippen LogP contribution < -0.4 is 5.73 Å². The minimum Gasteiger partial charge on any atom is -0.382 e. The second kappa shape index (κ2) is 7.24. The average Bonchev–Trinajstić information content (AvgIpc) is 2.81. The third kappa shape index (κ3) is 3.33. The van der Waals surface area contributed by atoms with E-state index in [2.05, 4.69) is 10.2 Å². The van der Waals surface area contributed by atoms with Gasteiger partial charge in [0.25, 0.3) is 0 Å². The maximum Gasteiger partial charge on any atom is 0.146 e. The Balaban J connectivity index is 1.88. The molecule has 1 unspecified atom stereocenters. The van der Waals surface area contributed by atoms with E-state index in [0.717, 1.165) is 5.56 Å². The molecule has 0 saturated heterocycles. The summed E-state index contributed by atoms with van der Waals surface area (Å²) in [6, 6.07) is 10.0. The number of nitrogens with two attached hydrogens (primary N) is 1. The van der Waals surface area contributed by atoms with Gasteiger partial charge in [0.15, 0.2) is 0 Å². The van der Waals surface area contributed by atoms with Gasteiger partial charge < -0.3 is 10.6 Å². The quantitative estimate of drug-likeness (QED) is 0.723. The van der Waals surface area contributed by atoms with E-state index in [9.17, 15) is 13.2 Å². The van der Waals surface area contributed by atoms with Crippen LogP contribution in [0, 0.1) is 17.5 Å². The molecule has 28 heavy (non-hydrogen) atoms. The van der Waals surface area contributed by atoms with Crippen molar-refractivity contribution in [3.05, 3.63) is 76.6 Å². The number of anilines is 1. The van der Waals surface area contributed by atoms with E-state index in [4.69, 9.17) is 5.73 Å². The van der Waals surface area contributed by atoms with Gasteiger partial charge in [0.05, 0.1) is 5.69 Å². The molecule has 2 N–H and O–H groups in total. The molecule has 0 aliphatic carbocycles. The molecule has 7 heteroatoms. The normalized spacial score (nSPS) is 17.2. The van der Waals surface area contributed by atoms with E-state index in [1.54, 1.807) is 18.2 Å². The molecule has 4 nitrogen and oxygen atoms in total. The van der Waals surface area contributed by atoms with Crippen LogP contribution in [0.3, 0.4) is 0 Å². The fourth-order valence-corrected chi connectivity index (χ4v) is 3.80. The first-order valence-corrected chi connectivity index (χ1v) is 8.98. The highest BCUT2D eigenvalue weighted by Crippen LogP contribution is 2.38. The lowest BCUT2D eigenvalue weighted by Gasteiger charge is -2.20. The summed E-state index contributed by atoms with van der Waals surface area (Å²) in [6.45, 7) is 1.17. The molecule has 0 bridgehead atoms. The number of nitrogen functional groups attached to an aromatic ring is 1. The van der Waals surface area contributed by atoms with Crippen LogP contribution in [0.5, 0.6) is 0 Å². The van der Waals surface area contributed by atoms with E-state index < -0.39 is 23.4 Å². The molecule has 1 atom stereocenters. The summed E-state index contributed by atoms with van der Waals surface area (Å²) < 4.78 is 43.9. The van der Waals surface area contributed by atoms with Crippen LogP contribution in [0.4, 0.5) is 19.0 Å². The first-order valence-electron chi connectivity index (χ1n) is 8.98. The number of hydrogen-bond acceptors (Lipinski definition) is 4. The fraction of sp³-hybridized carbons (Fsp3) is 0.238. The van der Waals surface area contributed by atoms with Crippen LogP contribution in [0.2, 0.25) is 0 Å². The average molecular weight is 384 g/mol. The van der Waals surface area contributed by atoms with Gasteiger partial charge in [-0.2, -0.15) is 0 Å². The number of fused-ring (bicyclic) bond motifs is 1. The smallest absolute Gasteiger partial charge is 0.146 e. The Morgan fingerprint density at radius 3 is 2.43 bits per heavy atom. The molecule has 144 valence electrons. The van der Waals surface area contributed by atoms with E-state index >= 15 is 0 Å². The molecule has 3 aromatic rings. The van der Waals surface area contributed by atoms with Crippen molar-refractivity contribution >= 4 is 5.82 Å². The Hall–Kier alpha value is -2.93. The summed E-state index contributed by atoms with van der Waals surface area (Å²) in [5, 5.41) is 7.74. The minimum atomic E-state index is -0.616. The predicted molar refractivity (Wildman–Crippen MR) is 101 cm³/mol. The fourth-order valence-electron chi connectivity index (χ4n) is 3.80. The number of nitrogens with zero attached hydrogens (tertiary/aromatic N) is 3. The Kier molecular flexibility index (Phi) is 4.77. The number of benzene rings is 2. The summed E-state index contributed by atoms with van der Waals surface area (Å²) in [4.78, 5) is 2.05. The first kappa shape index (κ1) is 18.4. The number of hydrogen-bond donors (Lipinski definition) is 1. The topological polar surface area (TPSA) is 55.0 Å². The van der Waals surface area contributed by atoms with Gasteiger partial charge in [-0.05, 0) is 67.5 Å². The lowest BCUT2D eigenvalue weighted by molar-refractivity contribution is 0.327. The second-order valence-electron chi connectivity index (χ2n) is 7.09. The molecule has 4 rings (SSSR count). The van der Waals surface area contributed by atoms with Crippen LogP contribution in [-0.2, 0) is 6.54 Å². The first-order chi connectivity index (χ1) is 13.4. The molecule has 1 aliphatic heterocycles. The van der Waals surface area contributed by atoms with Gasteiger partial charge in [-0.15, -0.1) is 10.2 Å². The van der Waals surface area contributed by atoms with Crippen molar-refractivity contribution in [1.29, 1.82) is 0 Å². The molecular formula is C21H19F3N4. The largest absolute Gasteiger partial charge is 0.382 e. The summed E-state index contributed by atoms with van der Waals surface area (Å²) in [6.07, 6.45) is 0.488. The van der Waals surface area contributed by atoms with E-state index in [-0.39, 0.29) is 16.9 Å². The Labute approximate surface area is 160 Å². The lowest BCUT2D eigenvalue weighted by atomic mass is 9.85. The van der Waals surface area contributed by atoms with Crippen LogP contribution in [0.25, 0.3) is 11.3 Å². The molecule has 0 amide bonds. The van der Waals surface area contributed by atoms with Gasteiger partial charge in [-0.1, -0.05) is 6.07 Å². The number of aromatic nitrogens is 2. The van der Waals surface area contributed by atoms with Crippen molar-refractivity contribution in [2.24, 2.45) is 0 Å². The zero-order valence-corrected chi connectivity index (χ0v) is 15.3. The van der Waals surface area contributed by atoms with Crippen molar-refractivity contribution in [2.75, 3.05) is 19.3 Å². The van der Waals surface area contributed by atoms with Crippen molar-refractivity contribution in [3.8, 4) is 11.3 Å². The molecule has 0 saturated carbocycles. The summed E-state index contributed by atoms with van der Waals surface area (Å²) >= 11 is 0. The summed E-state index contributed by atoms with van der Waals surface area (Å²) in [7, 11) is 1.93. The summed E-state index contributed by atoms with van der Waals surface area (Å²) in [5.74, 6) is -2.07. The van der Waals surface area contributed by atoms with Gasteiger partial charge in [0.1, 0.15) is 23.3 Å². The molecule has 2 heterocycles. The summed E-state index contributed by atoms with van der Waals surface area (Å²) in [5.41, 5.74) is 7.59. The van der Waals surface area contributed by atoms with Gasteiger partial charge in [0, 0.05) is 23.6 Å². The van der Waals surface area contributed by atoms with Gasteiger partial charge in [-0.25, -0.2) is 13.2 Å². The van der Waals surface area contributed by atoms with Crippen molar-refractivity contribution in [3.63, 3.8) is 0 Å². The predicted octanol–water partition coefficient (Wildman–Crippen LogP) is 4.11. The third-order valence-electron chi connectivity index (χ3n) is 5.15.